The Morgan fingerprint density at radius 3 is 1.37 bits per heavy atom. The van der Waals surface area contributed by atoms with Gasteiger partial charge in [0.15, 0.2) is 0 Å². The SMILES string of the molecule is C=CC(=O)OCCCCCCOc1ccc(C(=O)Oc2ccc(C(=O)OCCC3CCC(OC(=O)c4ccc(OCCCCCCOC(=O)C=C)cc4)CC3)cc2)cc1. The van der Waals surface area contributed by atoms with Gasteiger partial charge in [0.25, 0.3) is 0 Å². The second-order valence-electron chi connectivity index (χ2n) is 14.2. The molecular weight excluding hydrogens is 757 g/mol. The van der Waals surface area contributed by atoms with Crippen LogP contribution in [0.5, 0.6) is 17.2 Å². The van der Waals surface area contributed by atoms with Crippen LogP contribution >= 0.6 is 0 Å². The molecule has 0 unspecified atom stereocenters. The first-order chi connectivity index (χ1) is 28.7. The molecule has 12 heteroatoms. The summed E-state index contributed by atoms with van der Waals surface area (Å²) in [6, 6.07) is 19.9. The number of unbranched alkanes of at least 4 members (excludes halogenated alkanes) is 6. The van der Waals surface area contributed by atoms with Crippen LogP contribution in [0.3, 0.4) is 0 Å². The Balaban J connectivity index is 1.04. The van der Waals surface area contributed by atoms with Crippen molar-refractivity contribution in [2.45, 2.75) is 89.6 Å². The summed E-state index contributed by atoms with van der Waals surface area (Å²) in [6.45, 7) is 8.88. The zero-order chi connectivity index (χ0) is 42.1. The van der Waals surface area contributed by atoms with Gasteiger partial charge in [-0.2, -0.15) is 0 Å². The maximum absolute atomic E-state index is 12.8. The molecule has 0 N–H and O–H groups in total. The zero-order valence-corrected chi connectivity index (χ0v) is 33.8. The third-order valence-corrected chi connectivity index (χ3v) is 9.74. The molecule has 3 aromatic carbocycles. The molecule has 0 atom stereocenters. The number of ether oxygens (including phenoxy) is 7. The highest BCUT2D eigenvalue weighted by Crippen LogP contribution is 2.29. The first-order valence-corrected chi connectivity index (χ1v) is 20.5. The lowest BCUT2D eigenvalue weighted by Gasteiger charge is -2.28. The lowest BCUT2D eigenvalue weighted by molar-refractivity contribution is -0.138. The zero-order valence-electron chi connectivity index (χ0n) is 33.8. The van der Waals surface area contributed by atoms with Gasteiger partial charge in [0, 0.05) is 12.2 Å². The summed E-state index contributed by atoms with van der Waals surface area (Å²) >= 11 is 0. The van der Waals surface area contributed by atoms with Crippen molar-refractivity contribution >= 4 is 29.8 Å². The fourth-order valence-electron chi connectivity index (χ4n) is 6.32. The monoisotopic (exact) mass is 812 g/mol. The van der Waals surface area contributed by atoms with Crippen molar-refractivity contribution in [3.05, 3.63) is 115 Å². The van der Waals surface area contributed by atoms with E-state index >= 15 is 0 Å². The first-order valence-electron chi connectivity index (χ1n) is 20.5. The summed E-state index contributed by atoms with van der Waals surface area (Å²) in [6.07, 6.45) is 13.2. The van der Waals surface area contributed by atoms with Crippen LogP contribution in [-0.2, 0) is 28.5 Å². The highest BCUT2D eigenvalue weighted by atomic mass is 16.6. The minimum Gasteiger partial charge on any atom is -0.494 e. The standard InChI is InChI=1S/C47H56O12/c1-3-43(48)55-32-11-7-5-9-30-53-39-23-15-37(16-24-39)46(51)58-41-21-13-35(14-22-41)29-34-57-45(50)36-19-27-42(28-20-36)59-47(52)38-17-25-40(26-18-38)54-31-10-6-8-12-33-56-44(49)4-2/h3-4,15-20,23-28,35,41H,1-2,5-14,21-22,29-34H2. The Hall–Kier alpha value is -5.91. The number of carbonyl (C=O) groups excluding carboxylic acids is 5. The number of benzene rings is 3. The summed E-state index contributed by atoms with van der Waals surface area (Å²) in [5.41, 5.74) is 1.20. The Morgan fingerprint density at radius 2 is 0.898 bits per heavy atom. The van der Waals surface area contributed by atoms with Crippen molar-refractivity contribution in [2.75, 3.05) is 33.0 Å². The molecule has 0 aromatic heterocycles. The van der Waals surface area contributed by atoms with E-state index in [1.807, 2.05) is 0 Å². The fourth-order valence-corrected chi connectivity index (χ4v) is 6.32. The molecule has 0 bridgehead atoms. The van der Waals surface area contributed by atoms with Gasteiger partial charge in [-0.15, -0.1) is 0 Å². The van der Waals surface area contributed by atoms with Crippen molar-refractivity contribution in [3.8, 4) is 17.2 Å². The van der Waals surface area contributed by atoms with Crippen molar-refractivity contribution in [2.24, 2.45) is 5.92 Å². The molecular formula is C47H56O12. The Kier molecular flexibility index (Phi) is 20.3. The van der Waals surface area contributed by atoms with Crippen molar-refractivity contribution < 1.29 is 57.1 Å². The van der Waals surface area contributed by atoms with Gasteiger partial charge in [-0.05, 0) is 162 Å². The Morgan fingerprint density at radius 1 is 0.475 bits per heavy atom. The Bertz CT molecular complexity index is 1770. The number of rotatable bonds is 26. The lowest BCUT2D eigenvalue weighted by Crippen LogP contribution is -2.25. The topological polar surface area (TPSA) is 150 Å². The predicted octanol–water partition coefficient (Wildman–Crippen LogP) is 9.21. The van der Waals surface area contributed by atoms with E-state index in [9.17, 15) is 24.0 Å². The van der Waals surface area contributed by atoms with E-state index in [1.54, 1.807) is 72.8 Å². The van der Waals surface area contributed by atoms with E-state index in [-0.39, 0.29) is 18.7 Å². The van der Waals surface area contributed by atoms with Crippen molar-refractivity contribution in [1.82, 2.24) is 0 Å². The summed E-state index contributed by atoms with van der Waals surface area (Å²) in [4.78, 5) is 60.2. The summed E-state index contributed by atoms with van der Waals surface area (Å²) in [7, 11) is 0. The second-order valence-corrected chi connectivity index (χ2v) is 14.2. The van der Waals surface area contributed by atoms with Crippen LogP contribution in [0.2, 0.25) is 0 Å². The molecule has 1 saturated carbocycles. The normalized spacial score (nSPS) is 14.6. The highest BCUT2D eigenvalue weighted by Gasteiger charge is 2.25. The molecule has 0 aliphatic heterocycles. The smallest absolute Gasteiger partial charge is 0.343 e. The minimum atomic E-state index is -0.531. The van der Waals surface area contributed by atoms with Crippen LogP contribution in [0.25, 0.3) is 0 Å². The van der Waals surface area contributed by atoms with E-state index in [1.165, 1.54) is 0 Å². The maximum atomic E-state index is 12.8. The largest absolute Gasteiger partial charge is 0.494 e. The molecule has 0 spiro atoms. The third-order valence-electron chi connectivity index (χ3n) is 9.74. The average molecular weight is 813 g/mol. The number of esters is 5. The summed E-state index contributed by atoms with van der Waals surface area (Å²) in [5, 5.41) is 0. The van der Waals surface area contributed by atoms with Gasteiger partial charge in [0.05, 0.1) is 49.7 Å². The molecule has 4 rings (SSSR count). The van der Waals surface area contributed by atoms with Gasteiger partial charge < -0.3 is 33.2 Å². The molecule has 1 fully saturated rings. The van der Waals surface area contributed by atoms with E-state index < -0.39 is 23.9 Å². The lowest BCUT2D eigenvalue weighted by atomic mass is 9.85. The van der Waals surface area contributed by atoms with Crippen LogP contribution in [0.4, 0.5) is 0 Å². The molecule has 0 amide bonds. The Labute approximate surface area is 346 Å². The number of hydrogen-bond donors (Lipinski definition) is 0. The predicted molar refractivity (Wildman–Crippen MR) is 221 cm³/mol. The molecule has 3 aromatic rings. The molecule has 59 heavy (non-hydrogen) atoms. The summed E-state index contributed by atoms with van der Waals surface area (Å²) < 4.78 is 38.3. The van der Waals surface area contributed by atoms with Crippen LogP contribution < -0.4 is 14.2 Å². The molecule has 1 aliphatic rings. The van der Waals surface area contributed by atoms with Gasteiger partial charge in [-0.1, -0.05) is 13.2 Å². The van der Waals surface area contributed by atoms with Crippen LogP contribution in [0.15, 0.2) is 98.1 Å². The van der Waals surface area contributed by atoms with E-state index in [4.69, 9.17) is 33.2 Å². The first kappa shape index (κ1) is 45.8. The van der Waals surface area contributed by atoms with Crippen molar-refractivity contribution in [1.29, 1.82) is 0 Å². The second kappa shape index (κ2) is 26.2. The van der Waals surface area contributed by atoms with Gasteiger partial charge in [0.1, 0.15) is 23.4 Å². The van der Waals surface area contributed by atoms with Gasteiger partial charge >= 0.3 is 29.8 Å². The third kappa shape index (κ3) is 17.6. The minimum absolute atomic E-state index is 0.153. The maximum Gasteiger partial charge on any atom is 0.343 e. The van der Waals surface area contributed by atoms with E-state index in [0.717, 1.165) is 95.6 Å². The van der Waals surface area contributed by atoms with Crippen LogP contribution in [0.1, 0.15) is 115 Å². The average Bonchev–Trinajstić information content (AvgIpc) is 3.26. The molecule has 316 valence electrons. The number of carbonyl (C=O) groups is 5. The quantitative estimate of drug-likeness (QED) is 0.0250. The summed E-state index contributed by atoms with van der Waals surface area (Å²) in [5.74, 6) is -0.142. The fraction of sp³-hybridized carbons (Fsp3) is 0.426. The van der Waals surface area contributed by atoms with Crippen LogP contribution in [-0.4, -0.2) is 69.0 Å². The van der Waals surface area contributed by atoms with Crippen LogP contribution in [0, 0.1) is 5.92 Å². The molecule has 0 heterocycles. The van der Waals surface area contributed by atoms with Gasteiger partial charge in [0.2, 0.25) is 0 Å². The van der Waals surface area contributed by atoms with E-state index in [0.29, 0.717) is 66.3 Å². The number of hydrogen-bond acceptors (Lipinski definition) is 12. The molecule has 12 nitrogen and oxygen atoms in total. The highest BCUT2D eigenvalue weighted by molar-refractivity contribution is 5.92. The van der Waals surface area contributed by atoms with Gasteiger partial charge in [-0.25, -0.2) is 24.0 Å². The van der Waals surface area contributed by atoms with E-state index in [2.05, 4.69) is 13.2 Å². The molecule has 1 aliphatic carbocycles. The molecule has 0 radical (unpaired) electrons. The van der Waals surface area contributed by atoms with Gasteiger partial charge in [-0.3, -0.25) is 0 Å². The van der Waals surface area contributed by atoms with Crippen molar-refractivity contribution in [3.63, 3.8) is 0 Å². The molecule has 0 saturated heterocycles.